The minimum atomic E-state index is 0.103. The Morgan fingerprint density at radius 1 is 1.07 bits per heavy atom. The molecule has 1 atom stereocenters. The van der Waals surface area contributed by atoms with Crippen LogP contribution in [-0.4, -0.2) is 18.2 Å². The van der Waals surface area contributed by atoms with Gasteiger partial charge in [0.25, 0.3) is 0 Å². The van der Waals surface area contributed by atoms with Gasteiger partial charge in [0.1, 0.15) is 23.9 Å². The predicted molar refractivity (Wildman–Crippen MR) is 106 cm³/mol. The molecule has 2 aliphatic rings. The zero-order valence-corrected chi connectivity index (χ0v) is 15.2. The molecule has 0 radical (unpaired) electrons. The Morgan fingerprint density at radius 3 is 2.96 bits per heavy atom. The second kappa shape index (κ2) is 6.50. The van der Waals surface area contributed by atoms with E-state index in [2.05, 4.69) is 46.8 Å². The molecule has 2 aromatic carbocycles. The van der Waals surface area contributed by atoms with Gasteiger partial charge in [-0.05, 0) is 42.3 Å². The number of benzene rings is 2. The number of aryl methyl sites for hydroxylation is 1. The Hall–Kier alpha value is -3.21. The molecule has 27 heavy (non-hydrogen) atoms. The van der Waals surface area contributed by atoms with E-state index in [1.807, 2.05) is 30.5 Å². The molecule has 136 valence electrons. The lowest BCUT2D eigenvalue weighted by atomic mass is 10.1. The minimum Gasteiger partial charge on any atom is -0.493 e. The molecule has 0 fully saturated rings. The van der Waals surface area contributed by atoms with Crippen molar-refractivity contribution < 1.29 is 9.47 Å². The van der Waals surface area contributed by atoms with Gasteiger partial charge in [0.15, 0.2) is 0 Å². The highest BCUT2D eigenvalue weighted by molar-refractivity contribution is 5.69. The van der Waals surface area contributed by atoms with E-state index in [1.54, 1.807) is 0 Å². The maximum atomic E-state index is 6.03. The van der Waals surface area contributed by atoms with Crippen molar-refractivity contribution in [3.05, 3.63) is 71.4 Å². The number of rotatable bonds is 4. The Kier molecular flexibility index (Phi) is 3.85. The molecule has 0 amide bonds. The van der Waals surface area contributed by atoms with Crippen molar-refractivity contribution in [1.82, 2.24) is 4.98 Å². The van der Waals surface area contributed by atoms with Crippen molar-refractivity contribution in [3.63, 3.8) is 0 Å². The first-order valence-electron chi connectivity index (χ1n) is 9.24. The molecule has 5 rings (SSSR count). The molecule has 0 saturated heterocycles. The summed E-state index contributed by atoms with van der Waals surface area (Å²) in [5, 5.41) is 6.96. The van der Waals surface area contributed by atoms with Crippen LogP contribution in [0.4, 0.5) is 17.2 Å². The van der Waals surface area contributed by atoms with Gasteiger partial charge in [-0.2, -0.15) is 0 Å². The van der Waals surface area contributed by atoms with Crippen LogP contribution in [0.3, 0.4) is 0 Å². The number of pyridine rings is 1. The van der Waals surface area contributed by atoms with Crippen molar-refractivity contribution in [2.45, 2.75) is 19.4 Å². The van der Waals surface area contributed by atoms with Crippen LogP contribution in [0.1, 0.15) is 22.7 Å². The fraction of sp³-hybridized carbons (Fsp3) is 0.227. The number of ether oxygens (including phenoxy) is 2. The van der Waals surface area contributed by atoms with Crippen LogP contribution in [0.2, 0.25) is 0 Å². The topological polar surface area (TPSA) is 55.4 Å². The van der Waals surface area contributed by atoms with Crippen LogP contribution < -0.4 is 20.1 Å². The van der Waals surface area contributed by atoms with Gasteiger partial charge in [-0.25, -0.2) is 4.98 Å². The molecule has 0 aliphatic carbocycles. The molecule has 2 aliphatic heterocycles. The molecule has 3 aromatic rings. The number of nitrogens with one attached hydrogen (secondary N) is 2. The Bertz CT molecular complexity index is 1000. The number of nitrogens with zero attached hydrogens (tertiary/aromatic N) is 1. The molecule has 2 N–H and O–H groups in total. The quantitative estimate of drug-likeness (QED) is 0.712. The van der Waals surface area contributed by atoms with Gasteiger partial charge in [-0.1, -0.05) is 18.2 Å². The smallest absolute Gasteiger partial charge is 0.148 e. The van der Waals surface area contributed by atoms with Crippen molar-refractivity contribution >= 4 is 17.2 Å². The lowest BCUT2D eigenvalue weighted by Crippen LogP contribution is -2.11. The Balaban J connectivity index is 1.39. The third-order valence-corrected chi connectivity index (χ3v) is 5.03. The molecule has 0 unspecified atom stereocenters. The summed E-state index contributed by atoms with van der Waals surface area (Å²) in [6.07, 6.45) is 2.80. The van der Waals surface area contributed by atoms with Gasteiger partial charge in [0.2, 0.25) is 0 Å². The number of hydrogen-bond acceptors (Lipinski definition) is 5. The van der Waals surface area contributed by atoms with Crippen LogP contribution in [0.15, 0.2) is 54.7 Å². The van der Waals surface area contributed by atoms with E-state index in [0.29, 0.717) is 6.61 Å². The molecular weight excluding hydrogens is 338 g/mol. The number of aromatic nitrogens is 1. The van der Waals surface area contributed by atoms with E-state index < -0.39 is 0 Å². The minimum absolute atomic E-state index is 0.103. The zero-order chi connectivity index (χ0) is 18.2. The molecule has 5 heteroatoms. The van der Waals surface area contributed by atoms with Crippen LogP contribution in [0.25, 0.3) is 0 Å². The SMILES string of the molecule is Cc1ccnc(Nc2cccc3c2OC[C@H]3Nc2ccc3c(c2)OCC3)c1. The van der Waals surface area contributed by atoms with Gasteiger partial charge in [-0.15, -0.1) is 0 Å². The number of anilines is 3. The Morgan fingerprint density at radius 2 is 2.04 bits per heavy atom. The average molecular weight is 359 g/mol. The number of para-hydroxylation sites is 1. The fourth-order valence-corrected chi connectivity index (χ4v) is 3.66. The Labute approximate surface area is 158 Å². The fourth-order valence-electron chi connectivity index (χ4n) is 3.66. The molecule has 1 aromatic heterocycles. The van der Waals surface area contributed by atoms with Crippen LogP contribution in [0, 0.1) is 6.92 Å². The van der Waals surface area contributed by atoms with Crippen LogP contribution >= 0.6 is 0 Å². The van der Waals surface area contributed by atoms with Crippen molar-refractivity contribution in [3.8, 4) is 11.5 Å². The number of hydrogen-bond donors (Lipinski definition) is 2. The summed E-state index contributed by atoms with van der Waals surface area (Å²) in [6, 6.07) is 16.6. The third kappa shape index (κ3) is 3.05. The zero-order valence-electron chi connectivity index (χ0n) is 15.2. The standard InChI is InChI=1S/C22H21N3O2/c1-14-7-9-23-21(11-14)25-18-4-2-3-17-19(13-27-22(17)18)24-16-6-5-15-8-10-26-20(15)12-16/h2-7,9,11-12,19,24H,8,10,13H2,1H3,(H,23,25)/t19-/m1/s1. The highest BCUT2D eigenvalue weighted by Gasteiger charge is 2.27. The molecule has 0 saturated carbocycles. The van der Waals surface area contributed by atoms with E-state index in [1.165, 1.54) is 11.1 Å². The van der Waals surface area contributed by atoms with Gasteiger partial charge in [-0.3, -0.25) is 0 Å². The summed E-state index contributed by atoms with van der Waals surface area (Å²) >= 11 is 0. The maximum Gasteiger partial charge on any atom is 0.148 e. The summed E-state index contributed by atoms with van der Waals surface area (Å²) in [4.78, 5) is 4.38. The summed E-state index contributed by atoms with van der Waals surface area (Å²) in [5.41, 5.74) is 5.58. The first-order valence-corrected chi connectivity index (χ1v) is 9.24. The van der Waals surface area contributed by atoms with E-state index >= 15 is 0 Å². The normalized spacial score (nSPS) is 16.9. The monoisotopic (exact) mass is 359 g/mol. The van der Waals surface area contributed by atoms with Crippen molar-refractivity contribution in [1.29, 1.82) is 0 Å². The van der Waals surface area contributed by atoms with E-state index in [9.17, 15) is 0 Å². The summed E-state index contributed by atoms with van der Waals surface area (Å²) in [5.74, 6) is 2.69. The molecule has 3 heterocycles. The second-order valence-electron chi connectivity index (χ2n) is 7.00. The second-order valence-corrected chi connectivity index (χ2v) is 7.00. The van der Waals surface area contributed by atoms with Crippen molar-refractivity contribution in [2.24, 2.45) is 0 Å². The van der Waals surface area contributed by atoms with Crippen LogP contribution in [-0.2, 0) is 6.42 Å². The summed E-state index contributed by atoms with van der Waals surface area (Å²) in [7, 11) is 0. The highest BCUT2D eigenvalue weighted by atomic mass is 16.5. The largest absolute Gasteiger partial charge is 0.493 e. The van der Waals surface area contributed by atoms with E-state index in [4.69, 9.17) is 9.47 Å². The lowest BCUT2D eigenvalue weighted by molar-refractivity contribution is 0.341. The van der Waals surface area contributed by atoms with E-state index in [-0.39, 0.29) is 6.04 Å². The number of fused-ring (bicyclic) bond motifs is 2. The highest BCUT2D eigenvalue weighted by Crippen LogP contribution is 2.41. The predicted octanol–water partition coefficient (Wildman–Crippen LogP) is 4.61. The first-order chi connectivity index (χ1) is 13.3. The van der Waals surface area contributed by atoms with Crippen molar-refractivity contribution in [2.75, 3.05) is 23.8 Å². The average Bonchev–Trinajstić information content (AvgIpc) is 3.29. The van der Waals surface area contributed by atoms with Gasteiger partial charge in [0, 0.05) is 29.9 Å². The molecular formula is C22H21N3O2. The van der Waals surface area contributed by atoms with Gasteiger partial charge < -0.3 is 20.1 Å². The van der Waals surface area contributed by atoms with Gasteiger partial charge >= 0.3 is 0 Å². The first kappa shape index (κ1) is 16.0. The molecule has 0 spiro atoms. The molecule has 5 nitrogen and oxygen atoms in total. The summed E-state index contributed by atoms with van der Waals surface area (Å²) in [6.45, 7) is 3.42. The summed E-state index contributed by atoms with van der Waals surface area (Å²) < 4.78 is 11.7. The lowest BCUT2D eigenvalue weighted by Gasteiger charge is -2.14. The third-order valence-electron chi connectivity index (χ3n) is 5.03. The molecule has 0 bridgehead atoms. The maximum absolute atomic E-state index is 6.03. The van der Waals surface area contributed by atoms with E-state index in [0.717, 1.165) is 47.3 Å². The van der Waals surface area contributed by atoms with Crippen LogP contribution in [0.5, 0.6) is 11.5 Å². The van der Waals surface area contributed by atoms with Gasteiger partial charge in [0.05, 0.1) is 18.3 Å².